The zero-order valence-electron chi connectivity index (χ0n) is 9.80. The van der Waals surface area contributed by atoms with Crippen LogP contribution in [-0.4, -0.2) is 20.8 Å². The van der Waals surface area contributed by atoms with Gasteiger partial charge in [0, 0.05) is 10.9 Å². The maximum atomic E-state index is 13.8. The Balaban J connectivity index is 2.73. The maximum Gasteiger partial charge on any atom is 0.186 e. The van der Waals surface area contributed by atoms with Crippen molar-refractivity contribution < 1.29 is 4.39 Å². The van der Waals surface area contributed by atoms with Gasteiger partial charge < -0.3 is 5.32 Å². The van der Waals surface area contributed by atoms with Crippen LogP contribution >= 0.6 is 15.9 Å². The number of halogens is 2. The molecule has 1 aromatic rings. The lowest BCUT2D eigenvalue weighted by Crippen LogP contribution is -2.20. The van der Waals surface area contributed by atoms with Crippen LogP contribution < -0.4 is 5.32 Å². The molecule has 2 unspecified atom stereocenters. The van der Waals surface area contributed by atoms with Crippen LogP contribution in [0.15, 0.2) is 6.33 Å². The zero-order chi connectivity index (χ0) is 12.1. The van der Waals surface area contributed by atoms with Crippen molar-refractivity contribution in [3.8, 4) is 0 Å². The van der Waals surface area contributed by atoms with Crippen molar-refractivity contribution in [3.63, 3.8) is 0 Å². The molecule has 0 radical (unpaired) electrons. The smallest absolute Gasteiger partial charge is 0.186 e. The highest BCUT2D eigenvalue weighted by atomic mass is 79.9. The Hall–Kier alpha value is -0.710. The van der Waals surface area contributed by atoms with Gasteiger partial charge in [-0.1, -0.05) is 29.8 Å². The molecule has 16 heavy (non-hydrogen) atoms. The molecule has 1 rings (SSSR count). The lowest BCUT2D eigenvalue weighted by Gasteiger charge is -2.16. The number of aromatic nitrogens is 2. The predicted octanol–water partition coefficient (Wildman–Crippen LogP) is 3.15. The van der Waals surface area contributed by atoms with Gasteiger partial charge in [-0.25, -0.2) is 14.4 Å². The summed E-state index contributed by atoms with van der Waals surface area (Å²) in [4.78, 5) is 8.21. The summed E-state index contributed by atoms with van der Waals surface area (Å²) >= 11 is 3.47. The summed E-state index contributed by atoms with van der Waals surface area (Å²) in [5.41, 5.74) is 0.455. The summed E-state index contributed by atoms with van der Waals surface area (Å²) in [6.45, 7) is 5.94. The highest BCUT2D eigenvalue weighted by Crippen LogP contribution is 2.16. The van der Waals surface area contributed by atoms with Gasteiger partial charge in [-0.3, -0.25) is 0 Å². The van der Waals surface area contributed by atoms with Gasteiger partial charge in [0.1, 0.15) is 6.33 Å². The van der Waals surface area contributed by atoms with Gasteiger partial charge in [-0.2, -0.15) is 0 Å². The van der Waals surface area contributed by atoms with Crippen LogP contribution in [0.2, 0.25) is 0 Å². The molecular weight excluding hydrogens is 273 g/mol. The molecular formula is C11H17BrFN3. The van der Waals surface area contributed by atoms with Crippen molar-refractivity contribution in [2.75, 3.05) is 5.32 Å². The van der Waals surface area contributed by atoms with Crippen molar-refractivity contribution in [2.45, 2.75) is 44.5 Å². The molecule has 0 amide bonds. The van der Waals surface area contributed by atoms with E-state index in [1.807, 2.05) is 13.8 Å². The molecule has 0 saturated carbocycles. The van der Waals surface area contributed by atoms with Gasteiger partial charge in [0.25, 0.3) is 0 Å². The van der Waals surface area contributed by atoms with Gasteiger partial charge in [0.15, 0.2) is 11.6 Å². The summed E-state index contributed by atoms with van der Waals surface area (Å²) in [5, 5.41) is 3.06. The van der Waals surface area contributed by atoms with Crippen LogP contribution in [0.25, 0.3) is 0 Å². The quantitative estimate of drug-likeness (QED) is 0.846. The van der Waals surface area contributed by atoms with Gasteiger partial charge in [-0.05, 0) is 19.8 Å². The summed E-state index contributed by atoms with van der Waals surface area (Å²) in [6, 6.07) is 0.170. The first-order chi connectivity index (χ1) is 7.54. The Morgan fingerprint density at radius 3 is 2.69 bits per heavy atom. The van der Waals surface area contributed by atoms with E-state index in [-0.39, 0.29) is 11.9 Å². The van der Waals surface area contributed by atoms with E-state index in [0.717, 1.165) is 6.42 Å². The van der Waals surface area contributed by atoms with Crippen molar-refractivity contribution in [2.24, 2.45) is 0 Å². The van der Waals surface area contributed by atoms with Crippen LogP contribution in [0.3, 0.4) is 0 Å². The number of rotatable bonds is 5. The SMILES string of the molecule is CCc1ncnc(NC(C)CC(C)Br)c1F. The molecule has 0 spiro atoms. The largest absolute Gasteiger partial charge is 0.365 e. The molecule has 1 aromatic heterocycles. The fourth-order valence-electron chi connectivity index (χ4n) is 1.53. The number of hydrogen-bond donors (Lipinski definition) is 1. The van der Waals surface area contributed by atoms with Crippen LogP contribution in [0.5, 0.6) is 0 Å². The molecule has 1 heterocycles. The molecule has 0 fully saturated rings. The zero-order valence-corrected chi connectivity index (χ0v) is 11.4. The molecule has 0 bridgehead atoms. The monoisotopic (exact) mass is 289 g/mol. The molecule has 0 aliphatic carbocycles. The topological polar surface area (TPSA) is 37.8 Å². The van der Waals surface area contributed by atoms with E-state index in [4.69, 9.17) is 0 Å². The Labute approximate surface area is 104 Å². The third kappa shape index (κ3) is 3.70. The van der Waals surface area contributed by atoms with Crippen molar-refractivity contribution in [3.05, 3.63) is 17.8 Å². The lowest BCUT2D eigenvalue weighted by molar-refractivity contribution is 0.590. The van der Waals surface area contributed by atoms with Crippen LogP contribution in [0.4, 0.5) is 10.2 Å². The van der Waals surface area contributed by atoms with E-state index in [0.29, 0.717) is 22.8 Å². The van der Waals surface area contributed by atoms with Gasteiger partial charge in [0.2, 0.25) is 0 Å². The Morgan fingerprint density at radius 2 is 2.12 bits per heavy atom. The average molecular weight is 290 g/mol. The van der Waals surface area contributed by atoms with Gasteiger partial charge >= 0.3 is 0 Å². The molecule has 90 valence electrons. The third-order valence-electron chi connectivity index (χ3n) is 2.26. The molecule has 1 N–H and O–H groups in total. The van der Waals surface area contributed by atoms with E-state index in [1.54, 1.807) is 0 Å². The van der Waals surface area contributed by atoms with Gasteiger partial charge in [0.05, 0.1) is 5.69 Å². The van der Waals surface area contributed by atoms with Gasteiger partial charge in [-0.15, -0.1) is 0 Å². The third-order valence-corrected chi connectivity index (χ3v) is 2.63. The second-order valence-corrected chi connectivity index (χ2v) is 5.46. The van der Waals surface area contributed by atoms with E-state index in [2.05, 4.69) is 38.1 Å². The molecule has 0 aromatic carbocycles. The van der Waals surface area contributed by atoms with E-state index >= 15 is 0 Å². The number of anilines is 1. The van der Waals surface area contributed by atoms with E-state index < -0.39 is 0 Å². The number of nitrogens with zero attached hydrogens (tertiary/aromatic N) is 2. The lowest BCUT2D eigenvalue weighted by atomic mass is 10.2. The molecule has 0 aliphatic heterocycles. The standard InChI is InChI=1S/C11H17BrFN3/c1-4-9-10(13)11(15-6-14-9)16-8(3)5-7(2)12/h6-8H,4-5H2,1-3H3,(H,14,15,16). The predicted molar refractivity (Wildman–Crippen MR) is 67.5 cm³/mol. The number of alkyl halides is 1. The summed E-state index contributed by atoms with van der Waals surface area (Å²) < 4.78 is 13.8. The Kier molecular flexibility index (Phi) is 5.12. The van der Waals surface area contributed by atoms with Crippen LogP contribution in [0.1, 0.15) is 32.9 Å². The second kappa shape index (κ2) is 6.13. The highest BCUT2D eigenvalue weighted by Gasteiger charge is 2.12. The molecule has 5 heteroatoms. The summed E-state index contributed by atoms with van der Waals surface area (Å²) in [7, 11) is 0. The first kappa shape index (κ1) is 13.4. The highest BCUT2D eigenvalue weighted by molar-refractivity contribution is 9.09. The fraction of sp³-hybridized carbons (Fsp3) is 0.636. The first-order valence-electron chi connectivity index (χ1n) is 5.44. The van der Waals surface area contributed by atoms with E-state index in [1.165, 1.54) is 6.33 Å². The normalized spacial score (nSPS) is 14.6. The fourth-order valence-corrected chi connectivity index (χ4v) is 2.09. The Morgan fingerprint density at radius 1 is 1.44 bits per heavy atom. The number of hydrogen-bond acceptors (Lipinski definition) is 3. The van der Waals surface area contributed by atoms with E-state index in [9.17, 15) is 4.39 Å². The first-order valence-corrected chi connectivity index (χ1v) is 6.36. The van der Waals surface area contributed by atoms with Crippen LogP contribution in [0, 0.1) is 5.82 Å². The molecule has 0 aliphatic rings. The van der Waals surface area contributed by atoms with Crippen molar-refractivity contribution in [1.82, 2.24) is 9.97 Å². The minimum atomic E-state index is -0.334. The molecule has 0 saturated heterocycles. The minimum Gasteiger partial charge on any atom is -0.365 e. The maximum absolute atomic E-state index is 13.8. The average Bonchev–Trinajstić information content (AvgIpc) is 2.20. The minimum absolute atomic E-state index is 0.170. The number of aryl methyl sites for hydroxylation is 1. The Bertz CT molecular complexity index is 344. The molecule has 3 nitrogen and oxygen atoms in total. The van der Waals surface area contributed by atoms with Crippen molar-refractivity contribution >= 4 is 21.7 Å². The van der Waals surface area contributed by atoms with Crippen LogP contribution in [-0.2, 0) is 6.42 Å². The van der Waals surface area contributed by atoms with Crippen molar-refractivity contribution in [1.29, 1.82) is 0 Å². The molecule has 2 atom stereocenters. The second-order valence-electron chi connectivity index (χ2n) is 3.90. The number of nitrogens with one attached hydrogen (secondary N) is 1. The summed E-state index contributed by atoms with van der Waals surface area (Å²) in [6.07, 6.45) is 2.88. The summed E-state index contributed by atoms with van der Waals surface area (Å²) in [5.74, 6) is -0.0356.